The van der Waals surface area contributed by atoms with Crippen LogP contribution in [0.4, 0.5) is 0 Å². The van der Waals surface area contributed by atoms with E-state index in [1.165, 1.54) is 12.8 Å². The molecule has 0 bridgehead atoms. The van der Waals surface area contributed by atoms with Gasteiger partial charge in [-0.1, -0.05) is 0 Å². The largest absolute Gasteiger partial charge is 0.396 e. The number of aliphatic hydroxyl groups is 1. The van der Waals surface area contributed by atoms with E-state index in [-0.39, 0.29) is 12.5 Å². The van der Waals surface area contributed by atoms with Crippen LogP contribution in [0.5, 0.6) is 0 Å². The van der Waals surface area contributed by atoms with E-state index in [2.05, 4.69) is 10.6 Å². The molecular formula is C11H22N2O2S. The molecule has 4 nitrogen and oxygen atoms in total. The van der Waals surface area contributed by atoms with Gasteiger partial charge in [-0.05, 0) is 25.0 Å². The molecule has 0 aromatic heterocycles. The van der Waals surface area contributed by atoms with Crippen molar-refractivity contribution in [3.05, 3.63) is 0 Å². The molecular weight excluding hydrogens is 224 g/mol. The molecule has 3 N–H and O–H groups in total. The summed E-state index contributed by atoms with van der Waals surface area (Å²) < 4.78 is 0. The van der Waals surface area contributed by atoms with E-state index in [9.17, 15) is 4.79 Å². The van der Waals surface area contributed by atoms with Crippen molar-refractivity contribution < 1.29 is 9.90 Å². The fourth-order valence-electron chi connectivity index (χ4n) is 1.30. The first-order valence-corrected chi connectivity index (χ1v) is 7.17. The minimum atomic E-state index is 0.135. The van der Waals surface area contributed by atoms with Crippen LogP contribution in [0.1, 0.15) is 25.7 Å². The fourth-order valence-corrected chi connectivity index (χ4v) is 2.08. The van der Waals surface area contributed by atoms with E-state index < -0.39 is 0 Å². The zero-order valence-corrected chi connectivity index (χ0v) is 10.5. The molecule has 5 heteroatoms. The summed E-state index contributed by atoms with van der Waals surface area (Å²) in [6.45, 7) is 1.79. The number of aliphatic hydroxyl groups excluding tert-OH is 1. The second-order valence-electron chi connectivity index (χ2n) is 4.02. The minimum absolute atomic E-state index is 0.135. The number of thioether (sulfide) groups is 1. The Kier molecular flexibility index (Phi) is 7.63. The van der Waals surface area contributed by atoms with Crippen molar-refractivity contribution in [2.24, 2.45) is 0 Å². The third-order valence-corrected chi connectivity index (χ3v) is 3.45. The van der Waals surface area contributed by atoms with Crippen molar-refractivity contribution in [1.29, 1.82) is 0 Å². The van der Waals surface area contributed by atoms with E-state index in [0.29, 0.717) is 12.5 Å². The zero-order valence-electron chi connectivity index (χ0n) is 9.71. The molecule has 94 valence electrons. The van der Waals surface area contributed by atoms with Crippen LogP contribution < -0.4 is 10.6 Å². The average molecular weight is 246 g/mol. The van der Waals surface area contributed by atoms with E-state index in [1.54, 1.807) is 11.8 Å². The molecule has 16 heavy (non-hydrogen) atoms. The number of amides is 1. The number of nitrogens with one attached hydrogen (secondary N) is 2. The van der Waals surface area contributed by atoms with Gasteiger partial charge in [0.15, 0.2) is 0 Å². The highest BCUT2D eigenvalue weighted by Gasteiger charge is 2.19. The van der Waals surface area contributed by atoms with Gasteiger partial charge in [0.25, 0.3) is 0 Å². The van der Waals surface area contributed by atoms with Crippen molar-refractivity contribution in [2.75, 3.05) is 31.2 Å². The zero-order chi connectivity index (χ0) is 11.6. The van der Waals surface area contributed by atoms with Gasteiger partial charge in [0.2, 0.25) is 5.91 Å². The highest BCUT2D eigenvalue weighted by atomic mass is 32.2. The Balaban J connectivity index is 1.78. The lowest BCUT2D eigenvalue weighted by molar-refractivity contribution is -0.120. The highest BCUT2D eigenvalue weighted by Crippen LogP contribution is 2.18. The van der Waals surface area contributed by atoms with Crippen LogP contribution in [0.15, 0.2) is 0 Å². The van der Waals surface area contributed by atoms with E-state index >= 15 is 0 Å². The lowest BCUT2D eigenvalue weighted by Crippen LogP contribution is -2.29. The predicted octanol–water partition coefficient (Wildman–Crippen LogP) is 0.360. The topological polar surface area (TPSA) is 61.4 Å². The Morgan fingerprint density at radius 2 is 2.12 bits per heavy atom. The third kappa shape index (κ3) is 7.96. The molecule has 1 rings (SSSR count). The predicted molar refractivity (Wildman–Crippen MR) is 67.7 cm³/mol. The molecule has 1 saturated carbocycles. The smallest absolute Gasteiger partial charge is 0.221 e. The maximum Gasteiger partial charge on any atom is 0.221 e. The Morgan fingerprint density at radius 1 is 1.31 bits per heavy atom. The van der Waals surface area contributed by atoms with Crippen LogP contribution in [0.2, 0.25) is 0 Å². The average Bonchev–Trinajstić information content (AvgIpc) is 3.07. The number of carbonyl (C=O) groups is 1. The molecule has 0 spiro atoms. The van der Waals surface area contributed by atoms with Gasteiger partial charge in [0.05, 0.1) is 0 Å². The van der Waals surface area contributed by atoms with E-state index in [4.69, 9.17) is 5.11 Å². The Labute approximate surface area is 102 Å². The minimum Gasteiger partial charge on any atom is -0.396 e. The Hall–Kier alpha value is -0.260. The molecule has 1 amide bonds. The van der Waals surface area contributed by atoms with Crippen molar-refractivity contribution in [1.82, 2.24) is 10.6 Å². The van der Waals surface area contributed by atoms with Gasteiger partial charge in [-0.15, -0.1) is 0 Å². The Bertz CT molecular complexity index is 198. The molecule has 0 aromatic rings. The molecule has 0 aromatic carbocycles. The van der Waals surface area contributed by atoms with E-state index in [0.717, 1.165) is 31.0 Å². The third-order valence-electron chi connectivity index (χ3n) is 2.38. The molecule has 0 radical (unpaired) electrons. The van der Waals surface area contributed by atoms with Gasteiger partial charge in [-0.25, -0.2) is 0 Å². The molecule has 0 unspecified atom stereocenters. The maximum absolute atomic E-state index is 11.3. The first kappa shape index (κ1) is 13.8. The molecule has 0 heterocycles. The summed E-state index contributed by atoms with van der Waals surface area (Å²) in [5.74, 6) is 2.04. The molecule has 1 fully saturated rings. The number of hydrogen-bond acceptors (Lipinski definition) is 4. The van der Waals surface area contributed by atoms with Gasteiger partial charge >= 0.3 is 0 Å². The molecule has 1 aliphatic carbocycles. The van der Waals surface area contributed by atoms with Gasteiger partial charge in [0, 0.05) is 37.9 Å². The van der Waals surface area contributed by atoms with Gasteiger partial charge in [-0.3, -0.25) is 4.79 Å². The first-order valence-electron chi connectivity index (χ1n) is 6.01. The van der Waals surface area contributed by atoms with Crippen LogP contribution in [0.3, 0.4) is 0 Å². The van der Waals surface area contributed by atoms with Gasteiger partial charge in [0.1, 0.15) is 0 Å². The summed E-state index contributed by atoms with van der Waals surface area (Å²) in [4.78, 5) is 11.3. The summed E-state index contributed by atoms with van der Waals surface area (Å²) in [7, 11) is 0. The molecule has 0 saturated heterocycles. The van der Waals surface area contributed by atoms with Crippen LogP contribution >= 0.6 is 11.8 Å². The van der Waals surface area contributed by atoms with Crippen LogP contribution in [0.25, 0.3) is 0 Å². The highest BCUT2D eigenvalue weighted by molar-refractivity contribution is 7.99. The lowest BCUT2D eigenvalue weighted by atomic mass is 10.4. The van der Waals surface area contributed by atoms with Crippen molar-refractivity contribution in [2.45, 2.75) is 31.7 Å². The van der Waals surface area contributed by atoms with Crippen molar-refractivity contribution >= 4 is 17.7 Å². The summed E-state index contributed by atoms with van der Waals surface area (Å²) >= 11 is 1.77. The quantitative estimate of drug-likeness (QED) is 0.487. The van der Waals surface area contributed by atoms with Crippen molar-refractivity contribution in [3.63, 3.8) is 0 Å². The molecule has 1 aliphatic rings. The first-order chi connectivity index (χ1) is 7.83. The summed E-state index contributed by atoms with van der Waals surface area (Å²) in [6, 6.07) is 0.682. The lowest BCUT2D eigenvalue weighted by Gasteiger charge is -2.05. The van der Waals surface area contributed by atoms with Crippen LogP contribution in [-0.2, 0) is 4.79 Å². The number of rotatable bonds is 10. The van der Waals surface area contributed by atoms with Crippen molar-refractivity contribution in [3.8, 4) is 0 Å². The Morgan fingerprint density at radius 3 is 2.81 bits per heavy atom. The standard InChI is InChI=1S/C11H22N2O2S/c14-7-1-8-16-9-6-13-11(15)4-5-12-10-2-3-10/h10,12,14H,1-9H2,(H,13,15). The summed E-state index contributed by atoms with van der Waals surface area (Å²) in [5, 5.41) is 14.8. The second kappa shape index (κ2) is 8.84. The monoisotopic (exact) mass is 246 g/mol. The van der Waals surface area contributed by atoms with Gasteiger partial charge < -0.3 is 15.7 Å². The summed E-state index contributed by atoms with van der Waals surface area (Å²) in [6.07, 6.45) is 3.95. The maximum atomic E-state index is 11.3. The van der Waals surface area contributed by atoms with Crippen LogP contribution in [0, 0.1) is 0 Å². The SMILES string of the molecule is O=C(CCNC1CC1)NCCSCCCO. The number of hydrogen-bond donors (Lipinski definition) is 3. The summed E-state index contributed by atoms with van der Waals surface area (Å²) in [5.41, 5.74) is 0. The number of carbonyl (C=O) groups excluding carboxylic acids is 1. The van der Waals surface area contributed by atoms with Crippen LogP contribution in [-0.4, -0.2) is 48.3 Å². The fraction of sp³-hybridized carbons (Fsp3) is 0.909. The normalized spacial score (nSPS) is 15.1. The second-order valence-corrected chi connectivity index (χ2v) is 5.24. The molecule has 0 atom stereocenters. The van der Waals surface area contributed by atoms with E-state index in [1.807, 2.05) is 0 Å². The molecule has 0 aliphatic heterocycles. The van der Waals surface area contributed by atoms with Gasteiger partial charge in [-0.2, -0.15) is 11.8 Å².